The summed E-state index contributed by atoms with van der Waals surface area (Å²) in [6.07, 6.45) is 2.09. The smallest absolute Gasteiger partial charge is 0.133 e. The van der Waals surface area contributed by atoms with Gasteiger partial charge < -0.3 is 0 Å². The molecule has 1 rings (SSSR count). The quantitative estimate of drug-likeness (QED) is 0.612. The predicted octanol–water partition coefficient (Wildman–Crippen LogP) is 3.90. The van der Waals surface area contributed by atoms with Gasteiger partial charge in [0.2, 0.25) is 0 Å². The highest BCUT2D eigenvalue weighted by molar-refractivity contribution is 9.10. The van der Waals surface area contributed by atoms with E-state index in [4.69, 9.17) is 5.26 Å². The molecule has 0 bridgehead atoms. The van der Waals surface area contributed by atoms with E-state index in [1.165, 1.54) is 27.4 Å². The molecule has 0 aliphatic rings. The second kappa shape index (κ2) is 6.10. The standard InChI is InChI=1S/C11H12BrNS/c1-9-4-5-10(11(12)7-9)3-2-6-14-8-13/h4-5,7H,2-3,6H2,1H3. The summed E-state index contributed by atoms with van der Waals surface area (Å²) in [5.41, 5.74) is 2.60. The van der Waals surface area contributed by atoms with Crippen LogP contribution < -0.4 is 0 Å². The first-order valence-electron chi connectivity index (χ1n) is 4.50. The zero-order valence-electron chi connectivity index (χ0n) is 8.09. The molecular weight excluding hydrogens is 258 g/mol. The summed E-state index contributed by atoms with van der Waals surface area (Å²) in [6, 6.07) is 6.40. The van der Waals surface area contributed by atoms with Crippen molar-refractivity contribution < 1.29 is 0 Å². The lowest BCUT2D eigenvalue weighted by atomic mass is 10.1. The predicted molar refractivity (Wildman–Crippen MR) is 65.3 cm³/mol. The lowest BCUT2D eigenvalue weighted by Crippen LogP contribution is -1.89. The number of benzene rings is 1. The van der Waals surface area contributed by atoms with Crippen LogP contribution in [0, 0.1) is 17.6 Å². The van der Waals surface area contributed by atoms with E-state index < -0.39 is 0 Å². The molecule has 0 unspecified atom stereocenters. The van der Waals surface area contributed by atoms with Gasteiger partial charge in [0.05, 0.1) is 0 Å². The Kier molecular flexibility index (Phi) is 5.06. The van der Waals surface area contributed by atoms with Gasteiger partial charge in [-0.25, -0.2) is 0 Å². The Morgan fingerprint density at radius 1 is 1.50 bits per heavy atom. The fraction of sp³-hybridized carbons (Fsp3) is 0.364. The van der Waals surface area contributed by atoms with Crippen molar-refractivity contribution in [1.82, 2.24) is 0 Å². The van der Waals surface area contributed by atoms with E-state index in [0.29, 0.717) is 0 Å². The minimum atomic E-state index is 0.914. The van der Waals surface area contributed by atoms with Gasteiger partial charge in [0, 0.05) is 10.2 Å². The molecule has 0 radical (unpaired) electrons. The number of rotatable bonds is 4. The molecule has 0 heterocycles. The third-order valence-corrected chi connectivity index (χ3v) is 3.33. The molecule has 0 atom stereocenters. The molecule has 1 nitrogen and oxygen atoms in total. The van der Waals surface area contributed by atoms with Crippen LogP contribution in [-0.4, -0.2) is 5.75 Å². The molecular formula is C11H12BrNS. The van der Waals surface area contributed by atoms with Gasteiger partial charge in [-0.15, -0.1) is 0 Å². The van der Waals surface area contributed by atoms with Gasteiger partial charge in [-0.05, 0) is 48.7 Å². The molecule has 0 aliphatic carbocycles. The molecule has 0 saturated heterocycles. The summed E-state index contributed by atoms with van der Waals surface area (Å²) >= 11 is 4.87. The van der Waals surface area contributed by atoms with Crippen LogP contribution in [0.5, 0.6) is 0 Å². The molecule has 3 heteroatoms. The molecule has 0 fully saturated rings. The summed E-state index contributed by atoms with van der Waals surface area (Å²) in [7, 11) is 0. The Labute approximate surface area is 97.6 Å². The van der Waals surface area contributed by atoms with Crippen molar-refractivity contribution in [1.29, 1.82) is 5.26 Å². The summed E-state index contributed by atoms with van der Waals surface area (Å²) in [5, 5.41) is 10.4. The largest absolute Gasteiger partial charge is 0.185 e. The molecule has 0 N–H and O–H groups in total. The fourth-order valence-corrected chi connectivity index (χ4v) is 2.31. The third kappa shape index (κ3) is 3.73. The molecule has 1 aromatic rings. The average molecular weight is 270 g/mol. The number of hydrogen-bond donors (Lipinski definition) is 0. The zero-order valence-corrected chi connectivity index (χ0v) is 10.5. The van der Waals surface area contributed by atoms with Crippen molar-refractivity contribution in [3.05, 3.63) is 33.8 Å². The minimum Gasteiger partial charge on any atom is -0.185 e. The second-order valence-corrected chi connectivity index (χ2v) is 4.87. The van der Waals surface area contributed by atoms with Crippen LogP contribution in [0.2, 0.25) is 0 Å². The van der Waals surface area contributed by atoms with Crippen molar-refractivity contribution in [2.24, 2.45) is 0 Å². The molecule has 0 amide bonds. The minimum absolute atomic E-state index is 0.914. The first-order chi connectivity index (χ1) is 6.74. The van der Waals surface area contributed by atoms with E-state index in [2.05, 4.69) is 46.5 Å². The maximum absolute atomic E-state index is 8.36. The lowest BCUT2D eigenvalue weighted by Gasteiger charge is -2.04. The Morgan fingerprint density at radius 2 is 2.29 bits per heavy atom. The summed E-state index contributed by atoms with van der Waals surface area (Å²) in [6.45, 7) is 2.08. The van der Waals surface area contributed by atoms with Crippen molar-refractivity contribution >= 4 is 27.7 Å². The number of thioether (sulfide) groups is 1. The van der Waals surface area contributed by atoms with Gasteiger partial charge in [0.1, 0.15) is 5.40 Å². The van der Waals surface area contributed by atoms with Crippen LogP contribution in [0.3, 0.4) is 0 Å². The van der Waals surface area contributed by atoms with Crippen LogP contribution in [0.4, 0.5) is 0 Å². The van der Waals surface area contributed by atoms with Crippen LogP contribution in [0.25, 0.3) is 0 Å². The highest BCUT2D eigenvalue weighted by atomic mass is 79.9. The highest BCUT2D eigenvalue weighted by Crippen LogP contribution is 2.20. The van der Waals surface area contributed by atoms with Gasteiger partial charge in [-0.3, -0.25) is 0 Å². The van der Waals surface area contributed by atoms with Crippen molar-refractivity contribution in [2.75, 3.05) is 5.75 Å². The van der Waals surface area contributed by atoms with E-state index in [0.717, 1.165) is 18.6 Å². The summed E-state index contributed by atoms with van der Waals surface area (Å²) in [5.74, 6) is 0.914. The van der Waals surface area contributed by atoms with Crippen molar-refractivity contribution in [2.45, 2.75) is 19.8 Å². The fourth-order valence-electron chi connectivity index (χ4n) is 1.24. The van der Waals surface area contributed by atoms with Crippen LogP contribution in [-0.2, 0) is 6.42 Å². The maximum Gasteiger partial charge on any atom is 0.133 e. The van der Waals surface area contributed by atoms with Gasteiger partial charge in [-0.1, -0.05) is 28.1 Å². The van der Waals surface area contributed by atoms with Crippen molar-refractivity contribution in [3.8, 4) is 5.40 Å². The molecule has 0 spiro atoms. The van der Waals surface area contributed by atoms with Gasteiger partial charge >= 0.3 is 0 Å². The van der Waals surface area contributed by atoms with E-state index in [9.17, 15) is 0 Å². The third-order valence-electron chi connectivity index (χ3n) is 1.97. The SMILES string of the molecule is Cc1ccc(CCCSC#N)c(Br)c1. The number of nitrogens with zero attached hydrogens (tertiary/aromatic N) is 1. The average Bonchev–Trinajstić information content (AvgIpc) is 2.15. The maximum atomic E-state index is 8.36. The van der Waals surface area contributed by atoms with E-state index >= 15 is 0 Å². The number of halogens is 1. The Morgan fingerprint density at radius 3 is 2.93 bits per heavy atom. The molecule has 1 aromatic carbocycles. The van der Waals surface area contributed by atoms with Crippen LogP contribution >= 0.6 is 27.7 Å². The van der Waals surface area contributed by atoms with Gasteiger partial charge in [0.15, 0.2) is 0 Å². The van der Waals surface area contributed by atoms with Crippen LogP contribution in [0.15, 0.2) is 22.7 Å². The first-order valence-corrected chi connectivity index (χ1v) is 6.28. The number of aryl methyl sites for hydroxylation is 2. The zero-order chi connectivity index (χ0) is 10.4. The molecule has 74 valence electrons. The summed E-state index contributed by atoms with van der Waals surface area (Å²) in [4.78, 5) is 0. The van der Waals surface area contributed by atoms with Gasteiger partial charge in [0.25, 0.3) is 0 Å². The first kappa shape index (κ1) is 11.6. The normalized spacial score (nSPS) is 9.79. The van der Waals surface area contributed by atoms with Crippen molar-refractivity contribution in [3.63, 3.8) is 0 Å². The number of thiocyanates is 1. The number of hydrogen-bond acceptors (Lipinski definition) is 2. The highest BCUT2D eigenvalue weighted by Gasteiger charge is 1.99. The molecule has 0 aliphatic heterocycles. The molecule has 0 aromatic heterocycles. The molecule has 14 heavy (non-hydrogen) atoms. The topological polar surface area (TPSA) is 23.8 Å². The lowest BCUT2D eigenvalue weighted by molar-refractivity contribution is 0.929. The molecule has 0 saturated carbocycles. The van der Waals surface area contributed by atoms with E-state index in [1.807, 2.05) is 0 Å². The van der Waals surface area contributed by atoms with Crippen LogP contribution in [0.1, 0.15) is 17.5 Å². The Hall–Kier alpha value is -0.460. The second-order valence-electron chi connectivity index (χ2n) is 3.14. The van der Waals surface area contributed by atoms with E-state index in [1.54, 1.807) is 0 Å². The Bertz CT molecular complexity index is 344. The van der Waals surface area contributed by atoms with E-state index in [-0.39, 0.29) is 0 Å². The van der Waals surface area contributed by atoms with Gasteiger partial charge in [-0.2, -0.15) is 5.26 Å². The number of nitriles is 1. The Balaban J connectivity index is 2.47. The summed E-state index contributed by atoms with van der Waals surface area (Å²) < 4.78 is 1.18. The monoisotopic (exact) mass is 269 g/mol.